The van der Waals surface area contributed by atoms with E-state index in [1.54, 1.807) is 0 Å². The zero-order chi connectivity index (χ0) is 23.4. The van der Waals surface area contributed by atoms with Crippen LogP contribution in [0.4, 0.5) is 0 Å². The van der Waals surface area contributed by atoms with E-state index in [4.69, 9.17) is 9.47 Å². The van der Waals surface area contributed by atoms with Crippen LogP contribution < -0.4 is 0 Å². The predicted molar refractivity (Wildman–Crippen MR) is 134 cm³/mol. The fraction of sp³-hybridized carbons (Fsp3) is 0.433. The summed E-state index contributed by atoms with van der Waals surface area (Å²) in [5.74, 6) is -0.0204. The van der Waals surface area contributed by atoms with Gasteiger partial charge in [-0.25, -0.2) is 4.79 Å². The number of fused-ring (bicyclic) bond motifs is 1. The SMILES string of the molecule is CC(C)O[C@@H](C(=O)O[C@@H]1CCCC[C@H]1C(C)(C)c1ccc2ccccc2c1)c1ccccc1. The summed E-state index contributed by atoms with van der Waals surface area (Å²) in [6.07, 6.45) is 3.32. The van der Waals surface area contributed by atoms with Crippen LogP contribution >= 0.6 is 0 Å². The Labute approximate surface area is 198 Å². The van der Waals surface area contributed by atoms with E-state index in [-0.39, 0.29) is 29.5 Å². The fourth-order valence-corrected chi connectivity index (χ4v) is 5.25. The number of ether oxygens (including phenoxy) is 2. The first-order chi connectivity index (χ1) is 15.9. The number of carbonyl (C=O) groups is 1. The van der Waals surface area contributed by atoms with Crippen LogP contribution in [0.2, 0.25) is 0 Å². The molecule has 0 bridgehead atoms. The highest BCUT2D eigenvalue weighted by molar-refractivity contribution is 5.83. The summed E-state index contributed by atoms with van der Waals surface area (Å²) < 4.78 is 12.3. The van der Waals surface area contributed by atoms with Crippen LogP contribution in [0.5, 0.6) is 0 Å². The predicted octanol–water partition coefficient (Wildman–Crippen LogP) is 7.39. The molecule has 0 heterocycles. The monoisotopic (exact) mass is 444 g/mol. The normalized spacial score (nSPS) is 20.0. The lowest BCUT2D eigenvalue weighted by Gasteiger charge is -2.42. The summed E-state index contributed by atoms with van der Waals surface area (Å²) in [5, 5.41) is 2.50. The van der Waals surface area contributed by atoms with Crippen LogP contribution in [0.3, 0.4) is 0 Å². The molecule has 3 aromatic rings. The highest BCUT2D eigenvalue weighted by atomic mass is 16.6. The number of carbonyl (C=O) groups excluding carboxylic acids is 1. The van der Waals surface area contributed by atoms with E-state index in [9.17, 15) is 4.79 Å². The van der Waals surface area contributed by atoms with Crippen molar-refractivity contribution >= 4 is 16.7 Å². The van der Waals surface area contributed by atoms with Gasteiger partial charge in [0.25, 0.3) is 0 Å². The van der Waals surface area contributed by atoms with Crippen LogP contribution in [0.1, 0.15) is 70.6 Å². The maximum atomic E-state index is 13.4. The molecule has 0 saturated heterocycles. The molecule has 0 N–H and O–H groups in total. The summed E-state index contributed by atoms with van der Waals surface area (Å²) in [7, 11) is 0. The highest BCUT2D eigenvalue weighted by Gasteiger charge is 2.41. The first kappa shape index (κ1) is 23.5. The van der Waals surface area contributed by atoms with Gasteiger partial charge < -0.3 is 9.47 Å². The fourth-order valence-electron chi connectivity index (χ4n) is 5.25. The van der Waals surface area contributed by atoms with Gasteiger partial charge in [0.2, 0.25) is 0 Å². The van der Waals surface area contributed by atoms with Gasteiger partial charge >= 0.3 is 5.97 Å². The van der Waals surface area contributed by atoms with Crippen molar-refractivity contribution in [1.29, 1.82) is 0 Å². The average Bonchev–Trinajstić information content (AvgIpc) is 2.83. The Balaban J connectivity index is 1.58. The number of hydrogen-bond donors (Lipinski definition) is 0. The second-order valence-electron chi connectivity index (χ2n) is 10.1. The summed E-state index contributed by atoms with van der Waals surface area (Å²) in [5.41, 5.74) is 2.03. The Bertz CT molecular complexity index is 1070. The van der Waals surface area contributed by atoms with Crippen molar-refractivity contribution in [3.05, 3.63) is 83.9 Å². The van der Waals surface area contributed by atoms with E-state index in [1.807, 2.05) is 44.2 Å². The second kappa shape index (κ2) is 10.1. The van der Waals surface area contributed by atoms with E-state index >= 15 is 0 Å². The van der Waals surface area contributed by atoms with Crippen molar-refractivity contribution in [2.45, 2.75) is 77.1 Å². The molecule has 3 nitrogen and oxygen atoms in total. The zero-order valence-corrected chi connectivity index (χ0v) is 20.3. The van der Waals surface area contributed by atoms with Crippen LogP contribution in [-0.4, -0.2) is 18.2 Å². The molecule has 4 rings (SSSR count). The quantitative estimate of drug-likeness (QED) is 0.357. The molecule has 0 spiro atoms. The standard InChI is InChI=1S/C30H36O3/c1-21(2)32-28(23-13-6-5-7-14-23)29(31)33-27-17-11-10-16-26(27)30(3,4)25-19-18-22-12-8-9-15-24(22)20-25/h5-9,12-15,18-21,26-28H,10-11,16-17H2,1-4H3/t26-,27-,28-/m1/s1. The zero-order valence-electron chi connectivity index (χ0n) is 20.3. The highest BCUT2D eigenvalue weighted by Crippen LogP contribution is 2.43. The summed E-state index contributed by atoms with van der Waals surface area (Å²) in [6, 6.07) is 24.9. The summed E-state index contributed by atoms with van der Waals surface area (Å²) >= 11 is 0. The molecule has 3 aromatic carbocycles. The maximum Gasteiger partial charge on any atom is 0.340 e. The molecule has 1 saturated carbocycles. The Kier molecular flexibility index (Phi) is 7.19. The van der Waals surface area contributed by atoms with Crippen molar-refractivity contribution in [3.63, 3.8) is 0 Å². The third kappa shape index (κ3) is 5.30. The molecule has 0 unspecified atom stereocenters. The van der Waals surface area contributed by atoms with Gasteiger partial charge in [0.05, 0.1) is 6.10 Å². The van der Waals surface area contributed by atoms with Crippen molar-refractivity contribution in [2.24, 2.45) is 5.92 Å². The lowest BCUT2D eigenvalue weighted by molar-refractivity contribution is -0.172. The smallest absolute Gasteiger partial charge is 0.340 e. The first-order valence-electron chi connectivity index (χ1n) is 12.3. The number of rotatable bonds is 7. The topological polar surface area (TPSA) is 35.5 Å². The molecule has 174 valence electrons. The molecule has 0 radical (unpaired) electrons. The number of benzene rings is 3. The van der Waals surface area contributed by atoms with Gasteiger partial charge in [-0.2, -0.15) is 0 Å². The minimum atomic E-state index is -0.697. The lowest BCUT2D eigenvalue weighted by Crippen LogP contribution is -2.42. The van der Waals surface area contributed by atoms with Gasteiger partial charge in [-0.1, -0.05) is 93.1 Å². The molecule has 0 aromatic heterocycles. The van der Waals surface area contributed by atoms with Crippen LogP contribution in [0.15, 0.2) is 72.8 Å². The largest absolute Gasteiger partial charge is 0.460 e. The van der Waals surface area contributed by atoms with Gasteiger partial charge in [0, 0.05) is 5.92 Å². The average molecular weight is 445 g/mol. The van der Waals surface area contributed by atoms with Gasteiger partial charge in [0.15, 0.2) is 6.10 Å². The molecule has 0 amide bonds. The minimum Gasteiger partial charge on any atom is -0.460 e. The van der Waals surface area contributed by atoms with Crippen molar-refractivity contribution in [2.75, 3.05) is 0 Å². The Morgan fingerprint density at radius 3 is 2.27 bits per heavy atom. The third-order valence-electron chi connectivity index (χ3n) is 7.12. The molecule has 1 aliphatic rings. The Morgan fingerprint density at radius 1 is 0.879 bits per heavy atom. The van der Waals surface area contributed by atoms with Gasteiger partial charge in [-0.15, -0.1) is 0 Å². The van der Waals surface area contributed by atoms with E-state index in [2.05, 4.69) is 56.3 Å². The maximum absolute atomic E-state index is 13.4. The van der Waals surface area contributed by atoms with Crippen molar-refractivity contribution in [3.8, 4) is 0 Å². The van der Waals surface area contributed by atoms with Crippen molar-refractivity contribution in [1.82, 2.24) is 0 Å². The molecule has 0 aliphatic heterocycles. The molecular weight excluding hydrogens is 408 g/mol. The van der Waals surface area contributed by atoms with Crippen molar-refractivity contribution < 1.29 is 14.3 Å². The Morgan fingerprint density at radius 2 is 1.55 bits per heavy atom. The lowest BCUT2D eigenvalue weighted by atomic mass is 9.66. The summed E-state index contributed by atoms with van der Waals surface area (Å²) in [6.45, 7) is 8.51. The number of esters is 1. The van der Waals surface area contributed by atoms with E-state index in [0.717, 1.165) is 24.8 Å². The third-order valence-corrected chi connectivity index (χ3v) is 7.12. The minimum absolute atomic E-state index is 0.0704. The van der Waals surface area contributed by atoms with Crippen LogP contribution in [0.25, 0.3) is 10.8 Å². The Hall–Kier alpha value is -2.65. The first-order valence-corrected chi connectivity index (χ1v) is 12.3. The van der Waals surface area contributed by atoms with E-state index < -0.39 is 6.10 Å². The van der Waals surface area contributed by atoms with Gasteiger partial charge in [-0.05, 0) is 60.4 Å². The molecule has 33 heavy (non-hydrogen) atoms. The molecule has 3 heteroatoms. The molecular formula is C30H36O3. The van der Waals surface area contributed by atoms with E-state index in [0.29, 0.717) is 0 Å². The van der Waals surface area contributed by atoms with Gasteiger partial charge in [0.1, 0.15) is 6.10 Å². The molecule has 1 fully saturated rings. The van der Waals surface area contributed by atoms with E-state index in [1.165, 1.54) is 22.8 Å². The second-order valence-corrected chi connectivity index (χ2v) is 10.1. The van der Waals surface area contributed by atoms with Gasteiger partial charge in [-0.3, -0.25) is 0 Å². The molecule has 3 atom stereocenters. The molecule has 1 aliphatic carbocycles. The number of hydrogen-bond acceptors (Lipinski definition) is 3. The van der Waals surface area contributed by atoms with Crippen LogP contribution in [0, 0.1) is 5.92 Å². The summed E-state index contributed by atoms with van der Waals surface area (Å²) in [4.78, 5) is 13.4. The van der Waals surface area contributed by atoms with Crippen LogP contribution in [-0.2, 0) is 19.7 Å².